The molecule has 0 saturated heterocycles. The Bertz CT molecular complexity index is 1530. The largest absolute Gasteiger partial charge is 0.386 e. The summed E-state index contributed by atoms with van der Waals surface area (Å²) in [6, 6.07) is 12.1. The SMILES string of the molecule is CC(=O)Nc1cc(Cl)c2c(Cl)cccc2c1C(=O)OC(=O)c1c(NC(C)=O)cc(Cl)c2c(Cl)cccc12. The predicted octanol–water partition coefficient (Wildman–Crippen LogP) is 7.52. The number of nitrogens with one attached hydrogen (secondary N) is 2. The van der Waals surface area contributed by atoms with Crippen molar-refractivity contribution in [1.82, 2.24) is 0 Å². The molecule has 0 unspecified atom stereocenters. The number of halogens is 4. The average Bonchev–Trinajstić information content (AvgIpc) is 2.78. The Hall–Kier alpha value is -3.36. The van der Waals surface area contributed by atoms with Crippen molar-refractivity contribution in [2.75, 3.05) is 10.6 Å². The molecule has 2 N–H and O–H groups in total. The van der Waals surface area contributed by atoms with Crippen LogP contribution in [0.3, 0.4) is 0 Å². The molecule has 0 spiro atoms. The zero-order chi connectivity index (χ0) is 27.0. The number of benzene rings is 4. The van der Waals surface area contributed by atoms with Crippen LogP contribution in [0.15, 0.2) is 48.5 Å². The molecule has 4 aromatic rings. The third-order valence-electron chi connectivity index (χ3n) is 5.34. The standard InChI is InChI=1S/C26H16Cl4N2O5/c1-11(33)31-19-9-17(29)21-13(5-3-7-15(21)27)23(19)25(35)37-26(36)24-14-6-4-8-16(28)22(14)18(30)10-20(24)32-12(2)34/h3-10H,1-2H3,(H,31,33)(H,32,34). The van der Waals surface area contributed by atoms with Crippen LogP contribution in [0.4, 0.5) is 11.4 Å². The third-order valence-corrected chi connectivity index (χ3v) is 6.57. The number of fused-ring (bicyclic) bond motifs is 2. The lowest BCUT2D eigenvalue weighted by atomic mass is 10.0. The van der Waals surface area contributed by atoms with Crippen LogP contribution in [-0.2, 0) is 14.3 Å². The predicted molar refractivity (Wildman–Crippen MR) is 146 cm³/mol. The molecule has 188 valence electrons. The monoisotopic (exact) mass is 576 g/mol. The van der Waals surface area contributed by atoms with Crippen LogP contribution in [-0.4, -0.2) is 23.8 Å². The first-order valence-corrected chi connectivity index (χ1v) is 12.1. The second kappa shape index (κ2) is 10.6. The van der Waals surface area contributed by atoms with Gasteiger partial charge in [0.05, 0.1) is 32.5 Å². The number of rotatable bonds is 4. The van der Waals surface area contributed by atoms with Crippen molar-refractivity contribution in [3.63, 3.8) is 0 Å². The smallest absolute Gasteiger partial charge is 0.348 e. The van der Waals surface area contributed by atoms with Gasteiger partial charge in [0.2, 0.25) is 11.8 Å². The Balaban J connectivity index is 1.89. The molecule has 0 heterocycles. The zero-order valence-corrected chi connectivity index (χ0v) is 22.2. The fourth-order valence-corrected chi connectivity index (χ4v) is 5.26. The van der Waals surface area contributed by atoms with Gasteiger partial charge in [-0.3, -0.25) is 9.59 Å². The van der Waals surface area contributed by atoms with Crippen LogP contribution in [0.1, 0.15) is 34.6 Å². The number of hydrogen-bond acceptors (Lipinski definition) is 5. The van der Waals surface area contributed by atoms with E-state index >= 15 is 0 Å². The summed E-state index contributed by atoms with van der Waals surface area (Å²) >= 11 is 25.4. The van der Waals surface area contributed by atoms with Crippen molar-refractivity contribution in [3.05, 3.63) is 79.7 Å². The third kappa shape index (κ3) is 5.22. The van der Waals surface area contributed by atoms with Gasteiger partial charge in [-0.15, -0.1) is 0 Å². The van der Waals surface area contributed by atoms with Crippen molar-refractivity contribution < 1.29 is 23.9 Å². The van der Waals surface area contributed by atoms with Gasteiger partial charge in [0.25, 0.3) is 0 Å². The molecule has 0 atom stereocenters. The highest BCUT2D eigenvalue weighted by Crippen LogP contribution is 2.39. The Morgan fingerprint density at radius 1 is 0.622 bits per heavy atom. The van der Waals surface area contributed by atoms with Gasteiger partial charge in [0, 0.05) is 45.4 Å². The molecule has 4 aromatic carbocycles. The molecule has 0 aliphatic carbocycles. The van der Waals surface area contributed by atoms with E-state index in [9.17, 15) is 19.2 Å². The number of esters is 2. The molecule has 7 nitrogen and oxygen atoms in total. The van der Waals surface area contributed by atoms with E-state index in [1.165, 1.54) is 26.0 Å². The van der Waals surface area contributed by atoms with Crippen molar-refractivity contribution in [2.24, 2.45) is 0 Å². The van der Waals surface area contributed by atoms with Gasteiger partial charge in [-0.1, -0.05) is 70.7 Å². The van der Waals surface area contributed by atoms with Crippen molar-refractivity contribution in [2.45, 2.75) is 13.8 Å². The fraction of sp³-hybridized carbons (Fsp3) is 0.0769. The minimum absolute atomic E-state index is 0.0242. The Morgan fingerprint density at radius 2 is 1.00 bits per heavy atom. The van der Waals surface area contributed by atoms with Crippen LogP contribution in [0, 0.1) is 0 Å². The Kier molecular flexibility index (Phi) is 7.62. The summed E-state index contributed by atoms with van der Waals surface area (Å²) in [4.78, 5) is 50.6. The lowest BCUT2D eigenvalue weighted by Gasteiger charge is -2.16. The first kappa shape index (κ1) is 26.7. The van der Waals surface area contributed by atoms with Crippen molar-refractivity contribution in [3.8, 4) is 0 Å². The molecule has 0 aliphatic heterocycles. The van der Waals surface area contributed by atoms with E-state index < -0.39 is 23.8 Å². The van der Waals surface area contributed by atoms with Crippen LogP contribution in [0.2, 0.25) is 20.1 Å². The summed E-state index contributed by atoms with van der Waals surface area (Å²) in [5.74, 6) is -3.14. The highest BCUT2D eigenvalue weighted by atomic mass is 35.5. The Morgan fingerprint density at radius 3 is 1.35 bits per heavy atom. The quantitative estimate of drug-likeness (QED) is 0.193. The van der Waals surface area contributed by atoms with E-state index in [2.05, 4.69) is 10.6 Å². The molecule has 0 fully saturated rings. The van der Waals surface area contributed by atoms with E-state index in [-0.39, 0.29) is 53.4 Å². The van der Waals surface area contributed by atoms with Crippen LogP contribution < -0.4 is 10.6 Å². The summed E-state index contributed by atoms with van der Waals surface area (Å²) in [7, 11) is 0. The molecule has 2 amide bonds. The Labute approximate surface area is 230 Å². The minimum atomic E-state index is -1.09. The second-order valence-electron chi connectivity index (χ2n) is 7.93. The van der Waals surface area contributed by atoms with E-state index in [0.717, 1.165) is 0 Å². The van der Waals surface area contributed by atoms with Gasteiger partial charge in [0.15, 0.2) is 0 Å². The molecule has 0 bridgehead atoms. The van der Waals surface area contributed by atoms with E-state index in [1.807, 2.05) is 0 Å². The maximum atomic E-state index is 13.5. The van der Waals surface area contributed by atoms with E-state index in [0.29, 0.717) is 10.8 Å². The highest BCUT2D eigenvalue weighted by Gasteiger charge is 2.27. The average molecular weight is 578 g/mol. The maximum Gasteiger partial charge on any atom is 0.348 e. The number of anilines is 2. The molecule has 0 aromatic heterocycles. The summed E-state index contributed by atoms with van der Waals surface area (Å²) in [6.45, 7) is 2.50. The number of hydrogen-bond donors (Lipinski definition) is 2. The lowest BCUT2D eigenvalue weighted by Crippen LogP contribution is -2.19. The van der Waals surface area contributed by atoms with Gasteiger partial charge in [0.1, 0.15) is 0 Å². The molecule has 11 heteroatoms. The summed E-state index contributed by atoms with van der Waals surface area (Å²) in [5, 5.41) is 7.11. The molecule has 37 heavy (non-hydrogen) atoms. The summed E-state index contributed by atoms with van der Waals surface area (Å²) in [6.07, 6.45) is 0. The topological polar surface area (TPSA) is 102 Å². The highest BCUT2D eigenvalue weighted by molar-refractivity contribution is 6.44. The molecule has 0 saturated carbocycles. The first-order valence-electron chi connectivity index (χ1n) is 10.6. The molecular weight excluding hydrogens is 562 g/mol. The summed E-state index contributed by atoms with van der Waals surface area (Å²) in [5.41, 5.74) is -0.224. The van der Waals surface area contributed by atoms with E-state index in [4.69, 9.17) is 51.1 Å². The fourth-order valence-electron chi connectivity index (χ4n) is 3.99. The first-order chi connectivity index (χ1) is 17.5. The molecule has 0 radical (unpaired) electrons. The van der Waals surface area contributed by atoms with Crippen LogP contribution in [0.5, 0.6) is 0 Å². The van der Waals surface area contributed by atoms with Crippen molar-refractivity contribution in [1.29, 1.82) is 0 Å². The van der Waals surface area contributed by atoms with Gasteiger partial charge in [-0.25, -0.2) is 9.59 Å². The number of carbonyl (C=O) groups is 4. The number of ether oxygens (including phenoxy) is 1. The van der Waals surface area contributed by atoms with Gasteiger partial charge in [-0.05, 0) is 24.3 Å². The number of carbonyl (C=O) groups excluding carboxylic acids is 4. The zero-order valence-electron chi connectivity index (χ0n) is 19.2. The number of amides is 2. The summed E-state index contributed by atoms with van der Waals surface area (Å²) < 4.78 is 5.29. The van der Waals surface area contributed by atoms with E-state index in [1.54, 1.807) is 36.4 Å². The molecule has 0 aliphatic rings. The molecular formula is C26H16Cl4N2O5. The van der Waals surface area contributed by atoms with Crippen LogP contribution >= 0.6 is 46.4 Å². The van der Waals surface area contributed by atoms with Gasteiger partial charge in [-0.2, -0.15) is 0 Å². The maximum absolute atomic E-state index is 13.5. The van der Waals surface area contributed by atoms with Crippen molar-refractivity contribution >= 4 is 103 Å². The second-order valence-corrected chi connectivity index (χ2v) is 9.55. The lowest BCUT2D eigenvalue weighted by molar-refractivity contribution is -0.115. The molecule has 4 rings (SSSR count). The van der Waals surface area contributed by atoms with Gasteiger partial charge < -0.3 is 15.4 Å². The minimum Gasteiger partial charge on any atom is -0.386 e. The normalized spacial score (nSPS) is 10.9. The van der Waals surface area contributed by atoms with Crippen LogP contribution in [0.25, 0.3) is 21.5 Å². The van der Waals surface area contributed by atoms with Gasteiger partial charge >= 0.3 is 11.9 Å².